The molecule has 31 heavy (non-hydrogen) atoms. The summed E-state index contributed by atoms with van der Waals surface area (Å²) >= 11 is 1.85. The van der Waals surface area contributed by atoms with Crippen LogP contribution in [0, 0.1) is 0 Å². The van der Waals surface area contributed by atoms with Crippen LogP contribution < -0.4 is 5.32 Å². The maximum absolute atomic E-state index is 12.3. The number of aryl methyl sites for hydroxylation is 2. The molecule has 5 rings (SSSR count). The van der Waals surface area contributed by atoms with E-state index in [9.17, 15) is 4.79 Å². The van der Waals surface area contributed by atoms with Gasteiger partial charge in [-0.05, 0) is 51.0 Å². The van der Waals surface area contributed by atoms with E-state index in [4.69, 9.17) is 14.7 Å². The van der Waals surface area contributed by atoms with Gasteiger partial charge in [0.15, 0.2) is 0 Å². The van der Waals surface area contributed by atoms with E-state index in [1.54, 1.807) is 0 Å². The Morgan fingerprint density at radius 2 is 1.87 bits per heavy atom. The third-order valence-electron chi connectivity index (χ3n) is 6.79. The van der Waals surface area contributed by atoms with E-state index in [1.165, 1.54) is 28.7 Å². The lowest BCUT2D eigenvalue weighted by Crippen LogP contribution is -2.45. The number of amides is 1. The van der Waals surface area contributed by atoms with Crippen molar-refractivity contribution in [3.8, 4) is 0 Å². The van der Waals surface area contributed by atoms with Crippen LogP contribution in [0.15, 0.2) is 0 Å². The molecule has 2 aromatic rings. The van der Waals surface area contributed by atoms with E-state index < -0.39 is 0 Å². The Morgan fingerprint density at radius 1 is 1.06 bits per heavy atom. The van der Waals surface area contributed by atoms with Gasteiger partial charge in [-0.3, -0.25) is 9.69 Å². The fourth-order valence-electron chi connectivity index (χ4n) is 5.01. The molecule has 0 spiro atoms. The first kappa shape index (κ1) is 21.1. The van der Waals surface area contributed by atoms with Crippen molar-refractivity contribution in [2.45, 2.75) is 64.5 Å². The van der Waals surface area contributed by atoms with E-state index in [-0.39, 0.29) is 11.9 Å². The third-order valence-corrected chi connectivity index (χ3v) is 7.97. The van der Waals surface area contributed by atoms with Crippen LogP contribution in [0.3, 0.4) is 0 Å². The average Bonchev–Trinajstić information content (AvgIpc) is 3.17. The summed E-state index contributed by atoms with van der Waals surface area (Å²) in [4.78, 5) is 29.4. The number of nitrogens with one attached hydrogen (secondary N) is 1. The van der Waals surface area contributed by atoms with Gasteiger partial charge in [-0.15, -0.1) is 11.3 Å². The summed E-state index contributed by atoms with van der Waals surface area (Å²) in [6.45, 7) is 7.92. The van der Waals surface area contributed by atoms with Crippen LogP contribution in [-0.4, -0.2) is 71.1 Å². The second kappa shape index (κ2) is 9.38. The van der Waals surface area contributed by atoms with Crippen LogP contribution in [0.2, 0.25) is 0 Å². The molecule has 1 amide bonds. The molecule has 0 bridgehead atoms. The summed E-state index contributed by atoms with van der Waals surface area (Å²) in [7, 11) is 0. The summed E-state index contributed by atoms with van der Waals surface area (Å²) < 4.78 is 5.49. The van der Waals surface area contributed by atoms with Crippen molar-refractivity contribution in [3.05, 3.63) is 16.3 Å². The number of likely N-dealkylation sites (tertiary alicyclic amines) is 1. The van der Waals surface area contributed by atoms with E-state index in [0.717, 1.165) is 88.1 Å². The number of aromatic nitrogens is 2. The molecule has 168 valence electrons. The average molecular weight is 444 g/mol. The Balaban J connectivity index is 1.41. The Morgan fingerprint density at radius 3 is 2.71 bits per heavy atom. The molecule has 1 atom stereocenters. The summed E-state index contributed by atoms with van der Waals surface area (Å²) in [5.41, 5.74) is 1.45. The summed E-state index contributed by atoms with van der Waals surface area (Å²) in [6.07, 6.45) is 7.61. The molecule has 1 aliphatic carbocycles. The number of thiophene rings is 1. The molecule has 2 aromatic heterocycles. The van der Waals surface area contributed by atoms with Crippen molar-refractivity contribution >= 4 is 33.3 Å². The Kier molecular flexibility index (Phi) is 6.39. The highest BCUT2D eigenvalue weighted by molar-refractivity contribution is 7.19. The quantitative estimate of drug-likeness (QED) is 0.739. The molecule has 0 radical (unpaired) electrons. The van der Waals surface area contributed by atoms with Crippen molar-refractivity contribution in [1.29, 1.82) is 0 Å². The van der Waals surface area contributed by atoms with Crippen LogP contribution in [0.4, 0.5) is 5.82 Å². The monoisotopic (exact) mass is 443 g/mol. The van der Waals surface area contributed by atoms with E-state index in [2.05, 4.69) is 17.1 Å². The summed E-state index contributed by atoms with van der Waals surface area (Å²) in [5.74, 6) is 2.13. The molecular formula is C23H33N5O2S. The SMILES string of the molecule is C[C@@H](CNc1nc(CN2CCOCC2)nc2sc3c(c12)CCCC3)N1CCCCC1=O. The number of carbonyl (C=O) groups excluding carboxylic acids is 1. The zero-order valence-electron chi connectivity index (χ0n) is 18.5. The highest BCUT2D eigenvalue weighted by atomic mass is 32.1. The number of morpholine rings is 1. The van der Waals surface area contributed by atoms with Crippen molar-refractivity contribution < 1.29 is 9.53 Å². The molecule has 0 saturated carbocycles. The summed E-state index contributed by atoms with van der Waals surface area (Å²) in [6, 6.07) is 0.162. The molecule has 3 aliphatic rings. The largest absolute Gasteiger partial charge is 0.379 e. The Bertz CT molecular complexity index is 940. The fraction of sp³-hybridized carbons (Fsp3) is 0.696. The van der Waals surface area contributed by atoms with E-state index in [0.29, 0.717) is 6.42 Å². The first-order chi connectivity index (χ1) is 15.2. The summed E-state index contributed by atoms with van der Waals surface area (Å²) in [5, 5.41) is 4.86. The first-order valence-corrected chi connectivity index (χ1v) is 12.7. The minimum Gasteiger partial charge on any atom is -0.379 e. The van der Waals surface area contributed by atoms with Gasteiger partial charge in [-0.1, -0.05) is 0 Å². The van der Waals surface area contributed by atoms with Crippen molar-refractivity contribution in [2.24, 2.45) is 0 Å². The van der Waals surface area contributed by atoms with E-state index >= 15 is 0 Å². The molecule has 0 unspecified atom stereocenters. The molecule has 2 saturated heterocycles. The van der Waals surface area contributed by atoms with Gasteiger partial charge >= 0.3 is 0 Å². The number of nitrogens with zero attached hydrogens (tertiary/aromatic N) is 4. The number of rotatable bonds is 6. The van der Waals surface area contributed by atoms with Crippen molar-refractivity contribution in [2.75, 3.05) is 44.7 Å². The maximum atomic E-state index is 12.3. The molecule has 0 aromatic carbocycles. The number of piperidine rings is 1. The highest BCUT2D eigenvalue weighted by Gasteiger charge is 2.25. The minimum atomic E-state index is 0.162. The van der Waals surface area contributed by atoms with Gasteiger partial charge in [0.2, 0.25) is 5.91 Å². The number of hydrogen-bond acceptors (Lipinski definition) is 7. The molecule has 7 nitrogen and oxygen atoms in total. The molecule has 4 heterocycles. The first-order valence-electron chi connectivity index (χ1n) is 11.8. The lowest BCUT2D eigenvalue weighted by atomic mass is 9.97. The Hall–Kier alpha value is -1.77. The van der Waals surface area contributed by atoms with Crippen molar-refractivity contribution in [3.63, 3.8) is 0 Å². The smallest absolute Gasteiger partial charge is 0.222 e. The lowest BCUT2D eigenvalue weighted by molar-refractivity contribution is -0.135. The number of hydrogen-bond donors (Lipinski definition) is 1. The van der Waals surface area contributed by atoms with Crippen LogP contribution in [0.25, 0.3) is 10.2 Å². The maximum Gasteiger partial charge on any atom is 0.222 e. The second-order valence-corrected chi connectivity index (χ2v) is 10.1. The number of anilines is 1. The molecule has 1 N–H and O–H groups in total. The third kappa shape index (κ3) is 4.56. The minimum absolute atomic E-state index is 0.162. The van der Waals surface area contributed by atoms with Crippen LogP contribution >= 0.6 is 11.3 Å². The zero-order valence-corrected chi connectivity index (χ0v) is 19.3. The zero-order chi connectivity index (χ0) is 21.2. The highest BCUT2D eigenvalue weighted by Crippen LogP contribution is 2.38. The topological polar surface area (TPSA) is 70.6 Å². The van der Waals surface area contributed by atoms with Crippen LogP contribution in [-0.2, 0) is 28.9 Å². The molecular weight excluding hydrogens is 410 g/mol. The van der Waals surface area contributed by atoms with Gasteiger partial charge < -0.3 is 15.0 Å². The van der Waals surface area contributed by atoms with Gasteiger partial charge in [0, 0.05) is 43.5 Å². The predicted molar refractivity (Wildman–Crippen MR) is 124 cm³/mol. The standard InChI is InChI=1S/C23H33N5O2S/c1-16(28-9-5-4-8-20(28)29)14-24-22-21-17-6-2-3-7-18(17)31-23(21)26-19(25-22)15-27-10-12-30-13-11-27/h16H,2-15H2,1H3,(H,24,25,26)/t16-/m0/s1. The van der Waals surface area contributed by atoms with E-state index in [1.807, 2.05) is 16.2 Å². The number of fused-ring (bicyclic) bond motifs is 3. The van der Waals surface area contributed by atoms with Crippen LogP contribution in [0.1, 0.15) is 55.3 Å². The predicted octanol–water partition coefficient (Wildman–Crippen LogP) is 3.22. The Labute approximate surface area is 188 Å². The number of carbonyl (C=O) groups is 1. The second-order valence-electron chi connectivity index (χ2n) is 9.04. The molecule has 2 aliphatic heterocycles. The van der Waals surface area contributed by atoms with Crippen molar-refractivity contribution in [1.82, 2.24) is 19.8 Å². The van der Waals surface area contributed by atoms with Crippen LogP contribution in [0.5, 0.6) is 0 Å². The normalized spacial score (nSPS) is 21.3. The van der Waals surface area contributed by atoms with Gasteiger partial charge in [-0.25, -0.2) is 9.97 Å². The van der Waals surface area contributed by atoms with Gasteiger partial charge in [0.25, 0.3) is 0 Å². The fourth-order valence-corrected chi connectivity index (χ4v) is 6.29. The van der Waals surface area contributed by atoms with Gasteiger partial charge in [0.05, 0.1) is 25.1 Å². The van der Waals surface area contributed by atoms with Gasteiger partial charge in [-0.2, -0.15) is 0 Å². The molecule has 2 fully saturated rings. The molecule has 8 heteroatoms. The van der Waals surface area contributed by atoms with Gasteiger partial charge in [0.1, 0.15) is 16.5 Å². The lowest BCUT2D eigenvalue weighted by Gasteiger charge is -2.32. The number of ether oxygens (including phenoxy) is 1.